The standard InChI is InChI=1S/C26H20F3NO8/c1-10-7-18(32)21-16(22(10)33)9-14-12(4-5-13-20(14)24(35)30(23(13)34)25(36)37-2)19(21)15-8-11(3-6-17(15)31)38-26(27,28)29/h3-4,6-8,13-14,19-20,31H,5,9H2,1-2H3. The molecule has 1 aromatic carbocycles. The molecule has 0 spiro atoms. The van der Waals surface area contributed by atoms with Crippen LogP contribution in [0.1, 0.15) is 31.2 Å². The zero-order chi connectivity index (χ0) is 27.7. The molecule has 198 valence electrons. The van der Waals surface area contributed by atoms with Gasteiger partial charge in [-0.1, -0.05) is 11.6 Å². The SMILES string of the molecule is COC(=O)N1C(=O)C2CC=C3C(c4cc(OC(F)(F)F)ccc4O)C4=C(CC3C2C1=O)C(=O)C(C)=CC4=O. The number of Topliss-reactive ketones (excluding diaryl/α,β-unsaturated/α-hetero) is 1. The van der Waals surface area contributed by atoms with Crippen LogP contribution in [0.25, 0.3) is 0 Å². The summed E-state index contributed by atoms with van der Waals surface area (Å²) in [5.74, 6) is -7.82. The summed E-state index contributed by atoms with van der Waals surface area (Å²) in [6.07, 6.45) is -3.59. The van der Waals surface area contributed by atoms with Gasteiger partial charge in [-0.05, 0) is 50.0 Å². The van der Waals surface area contributed by atoms with Gasteiger partial charge in [0.25, 0.3) is 0 Å². The minimum Gasteiger partial charge on any atom is -0.508 e. The lowest BCUT2D eigenvalue weighted by Gasteiger charge is -2.42. The molecular weight excluding hydrogens is 511 g/mol. The highest BCUT2D eigenvalue weighted by atomic mass is 19.4. The van der Waals surface area contributed by atoms with Gasteiger partial charge in [0.1, 0.15) is 11.5 Å². The van der Waals surface area contributed by atoms with E-state index in [1.165, 1.54) is 6.92 Å². The average Bonchev–Trinajstić information content (AvgIpc) is 3.11. The number of hydrogen-bond donors (Lipinski definition) is 1. The number of benzene rings is 1. The van der Waals surface area contributed by atoms with E-state index >= 15 is 0 Å². The second-order valence-corrected chi connectivity index (χ2v) is 9.48. The second kappa shape index (κ2) is 8.67. The largest absolute Gasteiger partial charge is 0.573 e. The van der Waals surface area contributed by atoms with Gasteiger partial charge >= 0.3 is 12.5 Å². The summed E-state index contributed by atoms with van der Waals surface area (Å²) in [7, 11) is 1.02. The van der Waals surface area contributed by atoms with Crippen LogP contribution >= 0.6 is 0 Å². The Morgan fingerprint density at radius 2 is 1.82 bits per heavy atom. The second-order valence-electron chi connectivity index (χ2n) is 9.48. The summed E-state index contributed by atoms with van der Waals surface area (Å²) in [5, 5.41) is 10.7. The normalized spacial score (nSPS) is 26.9. The number of ketones is 2. The fraction of sp³-hybridized carbons (Fsp3) is 0.346. The highest BCUT2D eigenvalue weighted by molar-refractivity contribution is 6.24. The lowest BCUT2D eigenvalue weighted by molar-refractivity contribution is -0.274. The van der Waals surface area contributed by atoms with Gasteiger partial charge in [0.2, 0.25) is 11.8 Å². The van der Waals surface area contributed by atoms with Crippen molar-refractivity contribution in [2.45, 2.75) is 32.0 Å². The number of halogens is 3. The minimum absolute atomic E-state index is 0.00973. The average molecular weight is 531 g/mol. The Morgan fingerprint density at radius 1 is 1.11 bits per heavy atom. The predicted octanol–water partition coefficient (Wildman–Crippen LogP) is 3.49. The molecule has 4 aliphatic rings. The molecule has 1 aliphatic heterocycles. The molecule has 4 atom stereocenters. The minimum atomic E-state index is -5.03. The molecule has 1 N–H and O–H groups in total. The Morgan fingerprint density at radius 3 is 2.47 bits per heavy atom. The number of aromatic hydroxyl groups is 1. The van der Waals surface area contributed by atoms with E-state index in [2.05, 4.69) is 9.47 Å². The number of carbonyl (C=O) groups excluding carboxylic acids is 5. The molecule has 0 saturated carbocycles. The Bertz CT molecular complexity index is 1420. The molecule has 12 heteroatoms. The molecular formula is C26H20F3NO8. The van der Waals surface area contributed by atoms with Crippen molar-refractivity contribution in [2.75, 3.05) is 7.11 Å². The summed E-state index contributed by atoms with van der Waals surface area (Å²) < 4.78 is 47.4. The molecule has 3 amide bonds. The van der Waals surface area contributed by atoms with Crippen molar-refractivity contribution >= 4 is 29.5 Å². The third-order valence-electron chi connectivity index (χ3n) is 7.46. The summed E-state index contributed by atoms with van der Waals surface area (Å²) in [6.45, 7) is 1.44. The molecule has 0 bridgehead atoms. The van der Waals surface area contributed by atoms with E-state index < -0.39 is 71.0 Å². The quantitative estimate of drug-likeness (QED) is 0.349. The van der Waals surface area contributed by atoms with Gasteiger partial charge in [-0.15, -0.1) is 13.2 Å². The molecule has 1 fully saturated rings. The van der Waals surface area contributed by atoms with Crippen molar-refractivity contribution in [1.82, 2.24) is 4.90 Å². The van der Waals surface area contributed by atoms with E-state index in [9.17, 15) is 42.3 Å². The van der Waals surface area contributed by atoms with E-state index in [0.29, 0.717) is 10.5 Å². The smallest absolute Gasteiger partial charge is 0.508 e. The number of methoxy groups -OCH3 is 1. The summed E-state index contributed by atoms with van der Waals surface area (Å²) >= 11 is 0. The van der Waals surface area contributed by atoms with Gasteiger partial charge in [-0.3, -0.25) is 19.2 Å². The number of nitrogens with zero attached hydrogens (tertiary/aromatic N) is 1. The first-order valence-electron chi connectivity index (χ1n) is 11.6. The number of phenolic OH excluding ortho intramolecular Hbond substituents is 1. The zero-order valence-electron chi connectivity index (χ0n) is 20.0. The molecule has 1 saturated heterocycles. The Labute approximate surface area is 213 Å². The first-order valence-corrected chi connectivity index (χ1v) is 11.6. The van der Waals surface area contributed by atoms with Crippen LogP contribution in [0.4, 0.5) is 18.0 Å². The molecule has 1 heterocycles. The maximum absolute atomic E-state index is 13.3. The van der Waals surface area contributed by atoms with Crippen molar-refractivity contribution in [2.24, 2.45) is 17.8 Å². The topological polar surface area (TPSA) is 127 Å². The summed E-state index contributed by atoms with van der Waals surface area (Å²) in [6, 6.07) is 2.81. The van der Waals surface area contributed by atoms with Crippen LogP contribution in [-0.4, -0.2) is 53.0 Å². The van der Waals surface area contributed by atoms with Gasteiger partial charge in [-0.2, -0.15) is 4.90 Å². The van der Waals surface area contributed by atoms with Gasteiger partial charge in [0.05, 0.1) is 18.9 Å². The highest BCUT2D eigenvalue weighted by Crippen LogP contribution is 2.56. The fourth-order valence-electron chi connectivity index (χ4n) is 5.97. The van der Waals surface area contributed by atoms with Gasteiger partial charge < -0.3 is 14.6 Å². The van der Waals surface area contributed by atoms with Crippen LogP contribution in [0.3, 0.4) is 0 Å². The summed E-state index contributed by atoms with van der Waals surface area (Å²) in [5.41, 5.74) is 0.398. The number of amides is 3. The van der Waals surface area contributed by atoms with Crippen LogP contribution in [0.5, 0.6) is 11.5 Å². The predicted molar refractivity (Wildman–Crippen MR) is 120 cm³/mol. The van der Waals surface area contributed by atoms with E-state index in [1.54, 1.807) is 6.08 Å². The number of rotatable bonds is 2. The number of likely N-dealkylation sites (tertiary alicyclic amines) is 1. The molecule has 0 radical (unpaired) electrons. The highest BCUT2D eigenvalue weighted by Gasteiger charge is 2.58. The van der Waals surface area contributed by atoms with E-state index in [1.807, 2.05) is 0 Å². The molecule has 38 heavy (non-hydrogen) atoms. The molecule has 0 aromatic heterocycles. The first kappa shape index (κ1) is 25.4. The van der Waals surface area contributed by atoms with E-state index in [4.69, 9.17) is 0 Å². The molecule has 3 aliphatic carbocycles. The van der Waals surface area contributed by atoms with Crippen LogP contribution in [-0.2, 0) is 23.9 Å². The number of alkyl halides is 3. The monoisotopic (exact) mass is 531 g/mol. The van der Waals surface area contributed by atoms with Crippen molar-refractivity contribution in [3.05, 3.63) is 58.2 Å². The van der Waals surface area contributed by atoms with Gasteiger partial charge in [0, 0.05) is 28.2 Å². The maximum Gasteiger partial charge on any atom is 0.573 e. The lowest BCUT2D eigenvalue weighted by Crippen LogP contribution is -2.40. The van der Waals surface area contributed by atoms with Crippen molar-refractivity contribution in [3.8, 4) is 11.5 Å². The number of fused-ring (bicyclic) bond motifs is 3. The van der Waals surface area contributed by atoms with Crippen molar-refractivity contribution in [1.29, 1.82) is 0 Å². The zero-order valence-corrected chi connectivity index (χ0v) is 20.0. The number of carbonyl (C=O) groups is 5. The Balaban J connectivity index is 1.69. The third-order valence-corrected chi connectivity index (χ3v) is 7.46. The number of allylic oxidation sites excluding steroid dienone is 6. The Kier molecular flexibility index (Phi) is 5.80. The van der Waals surface area contributed by atoms with Crippen LogP contribution in [0, 0.1) is 17.8 Å². The molecule has 1 aromatic rings. The lowest BCUT2D eigenvalue weighted by atomic mass is 9.59. The molecule has 5 rings (SSSR count). The number of ether oxygens (including phenoxy) is 2. The van der Waals surface area contributed by atoms with E-state index in [0.717, 1.165) is 31.4 Å². The molecule has 9 nitrogen and oxygen atoms in total. The molecule has 4 unspecified atom stereocenters. The van der Waals surface area contributed by atoms with Gasteiger partial charge in [-0.25, -0.2) is 4.79 Å². The third kappa shape index (κ3) is 3.82. The number of imide groups is 3. The van der Waals surface area contributed by atoms with Crippen LogP contribution in [0.15, 0.2) is 52.6 Å². The van der Waals surface area contributed by atoms with Crippen LogP contribution in [0.2, 0.25) is 0 Å². The summed E-state index contributed by atoms with van der Waals surface area (Å²) in [4.78, 5) is 65.2. The number of hydrogen-bond acceptors (Lipinski definition) is 8. The van der Waals surface area contributed by atoms with E-state index in [-0.39, 0.29) is 35.1 Å². The first-order chi connectivity index (χ1) is 17.8. The maximum atomic E-state index is 13.3. The number of phenols is 1. The fourth-order valence-corrected chi connectivity index (χ4v) is 5.97. The van der Waals surface area contributed by atoms with Crippen LogP contribution < -0.4 is 4.74 Å². The van der Waals surface area contributed by atoms with Crippen molar-refractivity contribution < 1.29 is 51.7 Å². The van der Waals surface area contributed by atoms with Crippen molar-refractivity contribution in [3.63, 3.8) is 0 Å². The Hall–Kier alpha value is -4.22. The van der Waals surface area contributed by atoms with Gasteiger partial charge in [0.15, 0.2) is 11.6 Å².